The van der Waals surface area contributed by atoms with Gasteiger partial charge in [0.05, 0.1) is 11.6 Å². The number of aryl methyl sites for hydroxylation is 1. The molecule has 0 spiro atoms. The van der Waals surface area contributed by atoms with Crippen LogP contribution in [0.5, 0.6) is 0 Å². The molecule has 0 aliphatic carbocycles. The first kappa shape index (κ1) is 11.5. The fourth-order valence-electron chi connectivity index (χ4n) is 2.48. The maximum absolute atomic E-state index is 11.7. The third-order valence-corrected chi connectivity index (χ3v) is 3.50. The molecule has 19 heavy (non-hydrogen) atoms. The van der Waals surface area contributed by atoms with Crippen molar-refractivity contribution in [2.24, 2.45) is 0 Å². The highest BCUT2D eigenvalue weighted by atomic mass is 16.1. The fourth-order valence-corrected chi connectivity index (χ4v) is 2.48. The minimum absolute atomic E-state index is 0.0118. The number of rotatable bonds is 1. The fraction of sp³-hybridized carbons (Fsp3) is 0.125. The van der Waals surface area contributed by atoms with Crippen LogP contribution in [0.2, 0.25) is 0 Å². The van der Waals surface area contributed by atoms with Crippen molar-refractivity contribution >= 4 is 5.91 Å². The molecule has 2 aromatic carbocycles. The monoisotopic (exact) mass is 248 g/mol. The molecule has 0 unspecified atom stereocenters. The molecule has 0 saturated carbocycles. The average molecular weight is 248 g/mol. The average Bonchev–Trinajstić information content (AvgIpc) is 2.80. The van der Waals surface area contributed by atoms with E-state index in [4.69, 9.17) is 5.26 Å². The van der Waals surface area contributed by atoms with Crippen molar-refractivity contribution < 1.29 is 4.79 Å². The molecule has 0 saturated heterocycles. The van der Waals surface area contributed by atoms with E-state index in [1.165, 1.54) is 0 Å². The highest BCUT2D eigenvalue weighted by molar-refractivity contribution is 6.00. The number of hydrogen-bond donors (Lipinski definition) is 1. The zero-order chi connectivity index (χ0) is 13.4. The van der Waals surface area contributed by atoms with Gasteiger partial charge in [-0.3, -0.25) is 4.79 Å². The van der Waals surface area contributed by atoms with E-state index in [1.54, 1.807) is 0 Å². The summed E-state index contributed by atoms with van der Waals surface area (Å²) in [7, 11) is 0. The number of amides is 1. The molecule has 0 atom stereocenters. The van der Waals surface area contributed by atoms with E-state index in [1.807, 2.05) is 43.3 Å². The second kappa shape index (κ2) is 4.25. The van der Waals surface area contributed by atoms with Crippen LogP contribution < -0.4 is 5.32 Å². The number of benzene rings is 2. The number of hydrogen-bond acceptors (Lipinski definition) is 2. The van der Waals surface area contributed by atoms with Crippen LogP contribution in [0.1, 0.15) is 27.0 Å². The zero-order valence-electron chi connectivity index (χ0n) is 10.5. The van der Waals surface area contributed by atoms with Gasteiger partial charge in [0.1, 0.15) is 0 Å². The molecule has 1 heterocycles. The highest BCUT2D eigenvalue weighted by Crippen LogP contribution is 2.30. The van der Waals surface area contributed by atoms with Gasteiger partial charge in [-0.25, -0.2) is 0 Å². The van der Waals surface area contributed by atoms with Gasteiger partial charge in [-0.2, -0.15) is 5.26 Å². The molecule has 3 nitrogen and oxygen atoms in total. The summed E-state index contributed by atoms with van der Waals surface area (Å²) in [5.74, 6) is -0.0118. The lowest BCUT2D eigenvalue weighted by atomic mass is 9.94. The highest BCUT2D eigenvalue weighted by Gasteiger charge is 2.21. The van der Waals surface area contributed by atoms with Gasteiger partial charge in [0, 0.05) is 12.1 Å². The first-order valence-corrected chi connectivity index (χ1v) is 6.12. The summed E-state index contributed by atoms with van der Waals surface area (Å²) in [6.45, 7) is 2.50. The second-order valence-corrected chi connectivity index (χ2v) is 4.66. The Morgan fingerprint density at radius 2 is 2.00 bits per heavy atom. The van der Waals surface area contributed by atoms with Gasteiger partial charge in [-0.05, 0) is 41.3 Å². The molecule has 1 N–H and O–H groups in total. The predicted molar refractivity (Wildman–Crippen MR) is 72.5 cm³/mol. The molecule has 0 bridgehead atoms. The van der Waals surface area contributed by atoms with Gasteiger partial charge < -0.3 is 5.32 Å². The maximum Gasteiger partial charge on any atom is 0.251 e. The lowest BCUT2D eigenvalue weighted by Crippen LogP contribution is -2.12. The van der Waals surface area contributed by atoms with Crippen LogP contribution in [-0.4, -0.2) is 5.91 Å². The Morgan fingerprint density at radius 1 is 1.21 bits per heavy atom. The van der Waals surface area contributed by atoms with Crippen LogP contribution in [0.3, 0.4) is 0 Å². The second-order valence-electron chi connectivity index (χ2n) is 4.66. The summed E-state index contributed by atoms with van der Waals surface area (Å²) in [5, 5.41) is 11.8. The summed E-state index contributed by atoms with van der Waals surface area (Å²) in [6, 6.07) is 13.7. The van der Waals surface area contributed by atoms with Crippen molar-refractivity contribution in [3.8, 4) is 17.2 Å². The lowest BCUT2D eigenvalue weighted by Gasteiger charge is -2.08. The molecule has 1 aliphatic rings. The Bertz CT molecular complexity index is 726. The standard InChI is InChI=1S/C16H12N2O/c1-10-7-11(5-6-12(10)8-17)13-3-2-4-14-15(13)9-18-16(14)19/h2-7H,9H2,1H3,(H,18,19). The van der Waals surface area contributed by atoms with E-state index in [9.17, 15) is 4.79 Å². The number of nitrogens with one attached hydrogen (secondary N) is 1. The molecular formula is C16H12N2O. The van der Waals surface area contributed by atoms with Crippen LogP contribution >= 0.6 is 0 Å². The number of carbonyl (C=O) groups excluding carboxylic acids is 1. The van der Waals surface area contributed by atoms with E-state index in [0.29, 0.717) is 12.1 Å². The van der Waals surface area contributed by atoms with Crippen LogP contribution in [0.4, 0.5) is 0 Å². The van der Waals surface area contributed by atoms with Crippen molar-refractivity contribution in [2.45, 2.75) is 13.5 Å². The Labute approximate surface area is 111 Å². The Hall–Kier alpha value is -2.60. The molecule has 0 aromatic heterocycles. The van der Waals surface area contributed by atoms with Crippen molar-refractivity contribution in [3.63, 3.8) is 0 Å². The lowest BCUT2D eigenvalue weighted by molar-refractivity contribution is 0.0966. The van der Waals surface area contributed by atoms with Crippen LogP contribution in [-0.2, 0) is 6.54 Å². The zero-order valence-corrected chi connectivity index (χ0v) is 10.5. The molecule has 0 fully saturated rings. The van der Waals surface area contributed by atoms with Crippen LogP contribution in [0.15, 0.2) is 36.4 Å². The summed E-state index contributed by atoms with van der Waals surface area (Å²) >= 11 is 0. The minimum atomic E-state index is -0.0118. The molecule has 3 rings (SSSR count). The van der Waals surface area contributed by atoms with E-state index in [-0.39, 0.29) is 5.91 Å². The normalized spacial score (nSPS) is 12.7. The molecular weight excluding hydrogens is 236 g/mol. The van der Waals surface area contributed by atoms with Gasteiger partial charge >= 0.3 is 0 Å². The molecule has 2 aromatic rings. The molecule has 0 radical (unpaired) electrons. The summed E-state index contributed by atoms with van der Waals surface area (Å²) in [6.07, 6.45) is 0. The number of carbonyl (C=O) groups is 1. The Balaban J connectivity index is 2.17. The first-order chi connectivity index (χ1) is 9.20. The minimum Gasteiger partial charge on any atom is -0.348 e. The first-order valence-electron chi connectivity index (χ1n) is 6.12. The molecule has 1 amide bonds. The van der Waals surface area contributed by atoms with Gasteiger partial charge in [-0.15, -0.1) is 0 Å². The van der Waals surface area contributed by atoms with E-state index >= 15 is 0 Å². The number of nitriles is 1. The summed E-state index contributed by atoms with van der Waals surface area (Å²) in [4.78, 5) is 11.7. The summed E-state index contributed by atoms with van der Waals surface area (Å²) < 4.78 is 0. The third kappa shape index (κ3) is 1.78. The Morgan fingerprint density at radius 3 is 2.74 bits per heavy atom. The van der Waals surface area contributed by atoms with Gasteiger partial charge in [-0.1, -0.05) is 24.3 Å². The van der Waals surface area contributed by atoms with E-state index < -0.39 is 0 Å². The van der Waals surface area contributed by atoms with Gasteiger partial charge in [0.15, 0.2) is 0 Å². The maximum atomic E-state index is 11.7. The SMILES string of the molecule is Cc1cc(-c2cccc3c2CNC3=O)ccc1C#N. The van der Waals surface area contributed by atoms with Crippen molar-refractivity contribution in [1.29, 1.82) is 5.26 Å². The molecule has 1 aliphatic heterocycles. The van der Waals surface area contributed by atoms with Crippen molar-refractivity contribution in [2.75, 3.05) is 0 Å². The summed E-state index contributed by atoms with van der Waals surface area (Å²) in [5.41, 5.74) is 5.53. The van der Waals surface area contributed by atoms with Crippen molar-refractivity contribution in [3.05, 3.63) is 58.7 Å². The smallest absolute Gasteiger partial charge is 0.251 e. The van der Waals surface area contributed by atoms with Crippen LogP contribution in [0, 0.1) is 18.3 Å². The topological polar surface area (TPSA) is 52.9 Å². The molecule has 3 heteroatoms. The Kier molecular flexibility index (Phi) is 2.57. The molecule has 92 valence electrons. The van der Waals surface area contributed by atoms with E-state index in [2.05, 4.69) is 11.4 Å². The van der Waals surface area contributed by atoms with Crippen molar-refractivity contribution in [1.82, 2.24) is 5.32 Å². The third-order valence-electron chi connectivity index (χ3n) is 3.50. The largest absolute Gasteiger partial charge is 0.348 e. The predicted octanol–water partition coefficient (Wildman–Crippen LogP) is 2.78. The van der Waals surface area contributed by atoms with Gasteiger partial charge in [0.2, 0.25) is 0 Å². The number of nitrogens with zero attached hydrogens (tertiary/aromatic N) is 1. The quantitative estimate of drug-likeness (QED) is 0.843. The van der Waals surface area contributed by atoms with E-state index in [0.717, 1.165) is 27.8 Å². The van der Waals surface area contributed by atoms with Crippen LogP contribution in [0.25, 0.3) is 11.1 Å². The number of fused-ring (bicyclic) bond motifs is 1. The van der Waals surface area contributed by atoms with Gasteiger partial charge in [0.25, 0.3) is 5.91 Å².